The van der Waals surface area contributed by atoms with Crippen molar-refractivity contribution in [1.82, 2.24) is 10.2 Å². The van der Waals surface area contributed by atoms with Crippen molar-refractivity contribution >= 4 is 0 Å². The molecule has 1 saturated heterocycles. The molecule has 3 heteroatoms. The summed E-state index contributed by atoms with van der Waals surface area (Å²) in [5.74, 6) is 0. The summed E-state index contributed by atoms with van der Waals surface area (Å²) in [6.45, 7) is 9.84. The Morgan fingerprint density at radius 2 is 2.11 bits per heavy atom. The lowest BCUT2D eigenvalue weighted by molar-refractivity contribution is -0.00883. The molecule has 1 aliphatic heterocycles. The molecule has 1 aliphatic rings. The van der Waals surface area contributed by atoms with Crippen molar-refractivity contribution in [3.05, 3.63) is 0 Å². The van der Waals surface area contributed by atoms with E-state index in [0.717, 1.165) is 19.7 Å². The Labute approximate surface area is 113 Å². The molecule has 3 nitrogen and oxygen atoms in total. The number of ether oxygens (including phenoxy) is 1. The van der Waals surface area contributed by atoms with E-state index in [1.54, 1.807) is 0 Å². The number of rotatable bonds is 8. The summed E-state index contributed by atoms with van der Waals surface area (Å²) in [5, 5.41) is 3.57. The lowest BCUT2D eigenvalue weighted by Gasteiger charge is -2.33. The first kappa shape index (κ1) is 15.9. The van der Waals surface area contributed by atoms with Crippen LogP contribution in [0.4, 0.5) is 0 Å². The highest BCUT2D eigenvalue weighted by atomic mass is 16.5. The van der Waals surface area contributed by atoms with Crippen molar-refractivity contribution in [1.29, 1.82) is 0 Å². The maximum absolute atomic E-state index is 5.84. The summed E-state index contributed by atoms with van der Waals surface area (Å²) in [7, 11) is 2.25. The average molecular weight is 256 g/mol. The van der Waals surface area contributed by atoms with E-state index < -0.39 is 0 Å². The van der Waals surface area contributed by atoms with Gasteiger partial charge in [0.05, 0.1) is 6.10 Å². The van der Waals surface area contributed by atoms with Crippen LogP contribution in [0.25, 0.3) is 0 Å². The van der Waals surface area contributed by atoms with Gasteiger partial charge in [0.2, 0.25) is 0 Å². The highest BCUT2D eigenvalue weighted by Gasteiger charge is 2.20. The Balaban J connectivity index is 2.34. The third kappa shape index (κ3) is 6.17. The number of hydrogen-bond donors (Lipinski definition) is 1. The van der Waals surface area contributed by atoms with Gasteiger partial charge in [0.1, 0.15) is 0 Å². The van der Waals surface area contributed by atoms with Crippen molar-refractivity contribution in [3.8, 4) is 0 Å². The van der Waals surface area contributed by atoms with E-state index in [4.69, 9.17) is 4.74 Å². The molecule has 0 bridgehead atoms. The van der Waals surface area contributed by atoms with Crippen LogP contribution in [-0.4, -0.2) is 49.8 Å². The van der Waals surface area contributed by atoms with Gasteiger partial charge in [0.15, 0.2) is 0 Å². The van der Waals surface area contributed by atoms with Crippen molar-refractivity contribution in [2.45, 2.75) is 71.1 Å². The zero-order valence-electron chi connectivity index (χ0n) is 12.7. The van der Waals surface area contributed by atoms with Crippen LogP contribution in [0.2, 0.25) is 0 Å². The maximum Gasteiger partial charge on any atom is 0.0702 e. The predicted octanol–water partition coefficient (Wildman–Crippen LogP) is 2.65. The fraction of sp³-hybridized carbons (Fsp3) is 1.00. The van der Waals surface area contributed by atoms with Crippen LogP contribution in [0, 0.1) is 0 Å². The smallest absolute Gasteiger partial charge is 0.0702 e. The summed E-state index contributed by atoms with van der Waals surface area (Å²) in [6, 6.07) is 1.21. The quantitative estimate of drug-likeness (QED) is 0.722. The number of nitrogens with zero attached hydrogens (tertiary/aromatic N) is 1. The molecule has 18 heavy (non-hydrogen) atoms. The van der Waals surface area contributed by atoms with E-state index in [1.807, 2.05) is 0 Å². The lowest BCUT2D eigenvalue weighted by atomic mass is 10.1. The molecule has 1 fully saturated rings. The van der Waals surface area contributed by atoms with Crippen molar-refractivity contribution in [3.63, 3.8) is 0 Å². The zero-order valence-corrected chi connectivity index (χ0v) is 12.7. The monoisotopic (exact) mass is 256 g/mol. The molecule has 0 aromatic carbocycles. The van der Waals surface area contributed by atoms with Gasteiger partial charge in [-0.25, -0.2) is 0 Å². The molecule has 2 atom stereocenters. The minimum Gasteiger partial charge on any atom is -0.377 e. The summed E-state index contributed by atoms with van der Waals surface area (Å²) < 4.78 is 5.84. The molecule has 1 rings (SSSR count). The third-order valence-electron chi connectivity index (χ3n) is 3.77. The highest BCUT2D eigenvalue weighted by Crippen LogP contribution is 2.15. The number of hydrogen-bond acceptors (Lipinski definition) is 3. The molecular formula is C15H32N2O. The van der Waals surface area contributed by atoms with Crippen LogP contribution in [0.15, 0.2) is 0 Å². The standard InChI is InChI=1S/C15H32N2O/c1-5-8-14(11-16-13(2)3)17(4)12-15-9-6-7-10-18-15/h13-16H,5-12H2,1-4H3. The minimum absolute atomic E-state index is 0.460. The van der Waals surface area contributed by atoms with Gasteiger partial charge in [-0.05, 0) is 32.7 Å². The second-order valence-corrected chi connectivity index (χ2v) is 5.93. The molecule has 1 heterocycles. The predicted molar refractivity (Wildman–Crippen MR) is 78.1 cm³/mol. The Hall–Kier alpha value is -0.120. The van der Waals surface area contributed by atoms with Gasteiger partial charge in [-0.3, -0.25) is 4.90 Å². The first-order valence-electron chi connectivity index (χ1n) is 7.68. The van der Waals surface area contributed by atoms with Crippen molar-refractivity contribution < 1.29 is 4.74 Å². The van der Waals surface area contributed by atoms with Crippen LogP contribution in [0.1, 0.15) is 52.9 Å². The summed E-state index contributed by atoms with van der Waals surface area (Å²) >= 11 is 0. The molecule has 0 spiro atoms. The highest BCUT2D eigenvalue weighted by molar-refractivity contribution is 4.76. The number of nitrogens with one attached hydrogen (secondary N) is 1. The normalized spacial score (nSPS) is 22.7. The molecule has 0 aliphatic carbocycles. The maximum atomic E-state index is 5.84. The Morgan fingerprint density at radius 3 is 2.67 bits per heavy atom. The van der Waals surface area contributed by atoms with E-state index in [9.17, 15) is 0 Å². The molecule has 0 aromatic rings. The SMILES string of the molecule is CCCC(CNC(C)C)N(C)CC1CCCCO1. The zero-order chi connectivity index (χ0) is 13.4. The van der Waals surface area contributed by atoms with Crippen molar-refractivity contribution in [2.75, 3.05) is 26.7 Å². The first-order chi connectivity index (χ1) is 8.63. The van der Waals surface area contributed by atoms with E-state index in [0.29, 0.717) is 18.2 Å². The third-order valence-corrected chi connectivity index (χ3v) is 3.77. The molecule has 0 radical (unpaired) electrons. The van der Waals surface area contributed by atoms with E-state index in [2.05, 4.69) is 38.0 Å². The molecular weight excluding hydrogens is 224 g/mol. The van der Waals surface area contributed by atoms with Gasteiger partial charge in [-0.2, -0.15) is 0 Å². The molecule has 0 aromatic heterocycles. The minimum atomic E-state index is 0.460. The molecule has 0 saturated carbocycles. The first-order valence-corrected chi connectivity index (χ1v) is 7.68. The van der Waals surface area contributed by atoms with Crippen LogP contribution in [0.3, 0.4) is 0 Å². The topological polar surface area (TPSA) is 24.5 Å². The van der Waals surface area contributed by atoms with E-state index in [-0.39, 0.29) is 0 Å². The van der Waals surface area contributed by atoms with Crippen molar-refractivity contribution in [2.24, 2.45) is 0 Å². The largest absolute Gasteiger partial charge is 0.377 e. The van der Waals surface area contributed by atoms with Crippen LogP contribution >= 0.6 is 0 Å². The average Bonchev–Trinajstić information content (AvgIpc) is 2.35. The van der Waals surface area contributed by atoms with Gasteiger partial charge in [0, 0.05) is 31.8 Å². The molecule has 108 valence electrons. The number of likely N-dealkylation sites (N-methyl/N-ethyl adjacent to an activating group) is 1. The van der Waals surface area contributed by atoms with Crippen LogP contribution in [0.5, 0.6) is 0 Å². The lowest BCUT2D eigenvalue weighted by Crippen LogP contribution is -2.45. The second kappa shape index (κ2) is 8.89. The Bertz CT molecular complexity index is 203. The summed E-state index contributed by atoms with van der Waals surface area (Å²) in [5.41, 5.74) is 0. The summed E-state index contributed by atoms with van der Waals surface area (Å²) in [4.78, 5) is 2.49. The fourth-order valence-electron chi connectivity index (χ4n) is 2.60. The molecule has 1 N–H and O–H groups in total. The second-order valence-electron chi connectivity index (χ2n) is 5.93. The van der Waals surface area contributed by atoms with Gasteiger partial charge in [-0.15, -0.1) is 0 Å². The van der Waals surface area contributed by atoms with Gasteiger partial charge in [0.25, 0.3) is 0 Å². The van der Waals surface area contributed by atoms with E-state index >= 15 is 0 Å². The van der Waals surface area contributed by atoms with Gasteiger partial charge >= 0.3 is 0 Å². The Kier molecular flexibility index (Phi) is 7.87. The summed E-state index contributed by atoms with van der Waals surface area (Å²) in [6.07, 6.45) is 6.79. The van der Waals surface area contributed by atoms with Gasteiger partial charge < -0.3 is 10.1 Å². The fourth-order valence-corrected chi connectivity index (χ4v) is 2.60. The molecule has 0 amide bonds. The Morgan fingerprint density at radius 1 is 1.33 bits per heavy atom. The van der Waals surface area contributed by atoms with Crippen LogP contribution < -0.4 is 5.32 Å². The van der Waals surface area contributed by atoms with Crippen LogP contribution in [-0.2, 0) is 4.74 Å². The molecule has 2 unspecified atom stereocenters. The van der Waals surface area contributed by atoms with E-state index in [1.165, 1.54) is 32.1 Å². The van der Waals surface area contributed by atoms with Gasteiger partial charge in [-0.1, -0.05) is 27.2 Å².